The molecular formula is C26H31Cl2N5O2. The van der Waals surface area contributed by atoms with Crippen molar-refractivity contribution in [1.82, 2.24) is 20.2 Å². The van der Waals surface area contributed by atoms with Gasteiger partial charge < -0.3 is 20.1 Å². The number of nitrogens with one attached hydrogen (secondary N) is 2. The van der Waals surface area contributed by atoms with Crippen molar-refractivity contribution in [3.63, 3.8) is 0 Å². The number of halogens is 2. The number of terminal acetylenes is 1. The summed E-state index contributed by atoms with van der Waals surface area (Å²) in [5.74, 6) is 5.54. The highest BCUT2D eigenvalue weighted by Gasteiger charge is 2.36. The van der Waals surface area contributed by atoms with Gasteiger partial charge in [0, 0.05) is 41.8 Å². The van der Waals surface area contributed by atoms with Crippen LogP contribution >= 0.6 is 24.8 Å². The summed E-state index contributed by atoms with van der Waals surface area (Å²) in [4.78, 5) is 11.5. The normalized spacial score (nSPS) is 18.7. The van der Waals surface area contributed by atoms with E-state index in [1.54, 1.807) is 7.11 Å². The van der Waals surface area contributed by atoms with Gasteiger partial charge >= 0.3 is 0 Å². The van der Waals surface area contributed by atoms with Crippen molar-refractivity contribution in [2.24, 2.45) is 5.92 Å². The maximum Gasteiger partial charge on any atom is 0.162 e. The zero-order valence-corrected chi connectivity index (χ0v) is 21.3. The highest BCUT2D eigenvalue weighted by Crippen LogP contribution is 2.35. The first-order chi connectivity index (χ1) is 16.2. The van der Waals surface area contributed by atoms with Crippen molar-refractivity contribution in [2.75, 3.05) is 45.2 Å². The fraction of sp³-hybridized carbons (Fsp3) is 0.385. The van der Waals surface area contributed by atoms with Gasteiger partial charge in [0.1, 0.15) is 12.1 Å². The Hall–Kier alpha value is -2.76. The lowest BCUT2D eigenvalue weighted by Crippen LogP contribution is -2.35. The number of likely N-dealkylation sites (tertiary alicyclic amines) is 1. The molecule has 35 heavy (non-hydrogen) atoms. The second-order valence-corrected chi connectivity index (χ2v) is 8.60. The summed E-state index contributed by atoms with van der Waals surface area (Å²) in [5.41, 5.74) is 2.46. The smallest absolute Gasteiger partial charge is 0.162 e. The van der Waals surface area contributed by atoms with E-state index < -0.39 is 0 Å². The summed E-state index contributed by atoms with van der Waals surface area (Å²) < 4.78 is 11.8. The van der Waals surface area contributed by atoms with Crippen molar-refractivity contribution in [2.45, 2.75) is 18.9 Å². The molecule has 0 spiro atoms. The summed E-state index contributed by atoms with van der Waals surface area (Å²) >= 11 is 0. The van der Waals surface area contributed by atoms with Gasteiger partial charge in [-0.3, -0.25) is 4.90 Å². The van der Waals surface area contributed by atoms with Crippen LogP contribution in [0.25, 0.3) is 10.9 Å². The molecule has 2 N–H and O–H groups in total. The van der Waals surface area contributed by atoms with Gasteiger partial charge in [0.15, 0.2) is 11.5 Å². The molecule has 9 heteroatoms. The van der Waals surface area contributed by atoms with Crippen LogP contribution in [0.3, 0.4) is 0 Å². The van der Waals surface area contributed by atoms with E-state index in [1.165, 1.54) is 19.3 Å². The third kappa shape index (κ3) is 5.91. The lowest BCUT2D eigenvalue weighted by Gasteiger charge is -2.23. The van der Waals surface area contributed by atoms with Crippen LogP contribution < -0.4 is 20.1 Å². The Morgan fingerprint density at radius 3 is 2.89 bits per heavy atom. The molecule has 0 unspecified atom stereocenters. The fourth-order valence-electron chi connectivity index (χ4n) is 4.93. The molecule has 3 heterocycles. The van der Waals surface area contributed by atoms with Crippen LogP contribution in [-0.2, 0) is 0 Å². The highest BCUT2D eigenvalue weighted by atomic mass is 35.5. The first-order valence-electron chi connectivity index (χ1n) is 11.5. The van der Waals surface area contributed by atoms with E-state index in [4.69, 9.17) is 15.9 Å². The molecule has 2 saturated heterocycles. The summed E-state index contributed by atoms with van der Waals surface area (Å²) in [6.07, 6.45) is 9.35. The molecule has 3 aromatic rings. The van der Waals surface area contributed by atoms with Gasteiger partial charge in [-0.15, -0.1) is 31.2 Å². The van der Waals surface area contributed by atoms with E-state index in [0.717, 1.165) is 54.1 Å². The average Bonchev–Trinajstić information content (AvgIpc) is 3.46. The number of methoxy groups -OCH3 is 1. The van der Waals surface area contributed by atoms with Gasteiger partial charge in [-0.05, 0) is 56.1 Å². The van der Waals surface area contributed by atoms with Crippen LogP contribution in [0.15, 0.2) is 42.7 Å². The van der Waals surface area contributed by atoms with Gasteiger partial charge in [0.05, 0.1) is 19.2 Å². The predicted octanol–water partition coefficient (Wildman–Crippen LogP) is 4.27. The Bertz CT molecular complexity index is 1190. The van der Waals surface area contributed by atoms with E-state index in [9.17, 15) is 0 Å². The summed E-state index contributed by atoms with van der Waals surface area (Å²) in [6, 6.07) is 12.2. The number of hydrogen-bond acceptors (Lipinski definition) is 7. The Labute approximate surface area is 218 Å². The average molecular weight is 516 g/mol. The largest absolute Gasteiger partial charge is 0.493 e. The Morgan fingerprint density at radius 1 is 1.17 bits per heavy atom. The van der Waals surface area contributed by atoms with Crippen LogP contribution in [0, 0.1) is 18.3 Å². The zero-order chi connectivity index (χ0) is 22.6. The molecule has 2 atom stereocenters. The molecule has 5 rings (SSSR count). The number of nitrogens with zero attached hydrogens (tertiary/aromatic N) is 3. The van der Waals surface area contributed by atoms with E-state index in [2.05, 4.69) is 31.4 Å². The number of aromatic nitrogens is 2. The molecule has 1 aromatic heterocycles. The number of fused-ring (bicyclic) bond motifs is 2. The molecule has 0 aliphatic carbocycles. The van der Waals surface area contributed by atoms with Crippen molar-refractivity contribution >= 4 is 47.2 Å². The molecule has 2 fully saturated rings. The summed E-state index contributed by atoms with van der Waals surface area (Å²) in [6.45, 7) is 5.16. The molecule has 0 radical (unpaired) electrons. The monoisotopic (exact) mass is 515 g/mol. The maximum absolute atomic E-state index is 6.17. The molecule has 186 valence electrons. The van der Waals surface area contributed by atoms with Gasteiger partial charge in [0.2, 0.25) is 0 Å². The molecule has 0 bridgehead atoms. The summed E-state index contributed by atoms with van der Waals surface area (Å²) in [7, 11) is 1.65. The Kier molecular flexibility index (Phi) is 9.41. The first-order valence-corrected chi connectivity index (χ1v) is 11.5. The molecule has 7 nitrogen and oxygen atoms in total. The van der Waals surface area contributed by atoms with Gasteiger partial charge in [-0.2, -0.15) is 0 Å². The SMILES string of the molecule is C#Cc1cccc(Nc2ncnc3cc(OC)c(OCCCN4CC[C@H]5CNC[C@H]54)cc23)c1.Cl.Cl. The van der Waals surface area contributed by atoms with Crippen LogP contribution in [-0.4, -0.2) is 60.8 Å². The number of anilines is 2. The van der Waals surface area contributed by atoms with Crippen molar-refractivity contribution in [1.29, 1.82) is 0 Å². The quantitative estimate of drug-likeness (QED) is 0.342. The minimum Gasteiger partial charge on any atom is -0.493 e. The third-order valence-electron chi connectivity index (χ3n) is 6.62. The topological polar surface area (TPSA) is 71.5 Å². The molecule has 2 aliphatic heterocycles. The fourth-order valence-corrected chi connectivity index (χ4v) is 4.93. The van der Waals surface area contributed by atoms with E-state index >= 15 is 0 Å². The Morgan fingerprint density at radius 2 is 2.06 bits per heavy atom. The van der Waals surface area contributed by atoms with Crippen LogP contribution in [0.1, 0.15) is 18.4 Å². The lowest BCUT2D eigenvalue weighted by atomic mass is 10.1. The predicted molar refractivity (Wildman–Crippen MR) is 145 cm³/mol. The number of hydrogen-bond donors (Lipinski definition) is 2. The minimum absolute atomic E-state index is 0. The van der Waals surface area contributed by atoms with Gasteiger partial charge in [-0.1, -0.05) is 12.0 Å². The standard InChI is InChI=1S/C26H29N5O2.2ClH/c1-3-18-6-4-7-20(12-18)30-26-21-13-25(24(32-2)14-22(21)28-17-29-26)33-11-5-9-31-10-8-19-15-27-16-23(19)31;;/h1,4,6-7,12-14,17,19,23,27H,5,8-11,15-16H2,2H3,(H,28,29,30);2*1H/t19-,23+;;/m0../s1. The first kappa shape index (κ1) is 26.8. The van der Waals surface area contributed by atoms with Crippen LogP contribution in [0.5, 0.6) is 11.5 Å². The van der Waals surface area contributed by atoms with E-state index in [0.29, 0.717) is 30.0 Å². The van der Waals surface area contributed by atoms with Crippen LogP contribution in [0.2, 0.25) is 0 Å². The number of ether oxygens (including phenoxy) is 2. The number of benzene rings is 2. The molecule has 2 aliphatic rings. The Balaban J connectivity index is 0.00000171. The van der Waals surface area contributed by atoms with Gasteiger partial charge in [-0.25, -0.2) is 9.97 Å². The maximum atomic E-state index is 6.17. The van der Waals surface area contributed by atoms with Crippen molar-refractivity contribution < 1.29 is 9.47 Å². The second-order valence-electron chi connectivity index (χ2n) is 8.60. The van der Waals surface area contributed by atoms with Crippen molar-refractivity contribution in [3.8, 4) is 23.8 Å². The highest BCUT2D eigenvalue weighted by molar-refractivity contribution is 5.93. The zero-order valence-electron chi connectivity index (χ0n) is 19.7. The van der Waals surface area contributed by atoms with E-state index in [-0.39, 0.29) is 24.8 Å². The second kappa shape index (κ2) is 12.3. The van der Waals surface area contributed by atoms with E-state index in [1.807, 2.05) is 36.4 Å². The minimum atomic E-state index is 0. The number of rotatable bonds is 8. The molecule has 2 aromatic carbocycles. The van der Waals surface area contributed by atoms with Crippen LogP contribution in [0.4, 0.5) is 11.5 Å². The van der Waals surface area contributed by atoms with Crippen molar-refractivity contribution in [3.05, 3.63) is 48.3 Å². The van der Waals surface area contributed by atoms with Gasteiger partial charge in [0.25, 0.3) is 0 Å². The third-order valence-corrected chi connectivity index (χ3v) is 6.62. The summed E-state index contributed by atoms with van der Waals surface area (Å²) in [5, 5.41) is 7.73. The molecular weight excluding hydrogens is 485 g/mol. The molecule has 0 saturated carbocycles. The lowest BCUT2D eigenvalue weighted by molar-refractivity contribution is 0.217. The molecule has 0 amide bonds.